The first-order valence-electron chi connectivity index (χ1n) is 11.0. The van der Waals surface area contributed by atoms with E-state index >= 15 is 0 Å². The van der Waals surface area contributed by atoms with Crippen LogP contribution in [0.4, 0.5) is 0 Å². The molecule has 1 atom stereocenters. The highest BCUT2D eigenvalue weighted by Crippen LogP contribution is 2.33. The summed E-state index contributed by atoms with van der Waals surface area (Å²) in [6.07, 6.45) is 6.14. The molecule has 31 heavy (non-hydrogen) atoms. The predicted octanol–water partition coefficient (Wildman–Crippen LogP) is 4.09. The first-order valence-corrected chi connectivity index (χ1v) is 11.0. The van der Waals surface area contributed by atoms with Crippen molar-refractivity contribution in [2.75, 3.05) is 6.61 Å². The van der Waals surface area contributed by atoms with E-state index in [1.807, 2.05) is 12.1 Å². The molecule has 0 radical (unpaired) electrons. The topological polar surface area (TPSA) is 79.7 Å². The summed E-state index contributed by atoms with van der Waals surface area (Å²) in [6, 6.07) is 9.61. The Morgan fingerprint density at radius 3 is 2.55 bits per heavy atom. The van der Waals surface area contributed by atoms with E-state index in [0.29, 0.717) is 12.5 Å². The van der Waals surface area contributed by atoms with E-state index in [1.54, 1.807) is 25.3 Å². The van der Waals surface area contributed by atoms with Gasteiger partial charge in [0.1, 0.15) is 23.7 Å². The van der Waals surface area contributed by atoms with Crippen molar-refractivity contribution in [3.63, 3.8) is 0 Å². The van der Waals surface area contributed by atoms with E-state index in [0.717, 1.165) is 5.75 Å². The zero-order valence-electron chi connectivity index (χ0n) is 18.4. The Kier molecular flexibility index (Phi) is 6.03. The molecule has 4 rings (SSSR count). The highest BCUT2D eigenvalue weighted by atomic mass is 16.6. The molecule has 1 aliphatic heterocycles. The van der Waals surface area contributed by atoms with E-state index in [-0.39, 0.29) is 24.4 Å². The SMILES string of the molecule is CC(C)(C)OC(=O)c1cc(=O)nc2n1CC(COc1ccc(C3CCCCC3)cc1)O2. The molecule has 0 N–H and O–H groups in total. The molecule has 1 aliphatic carbocycles. The number of rotatable bonds is 5. The fraction of sp³-hybridized carbons (Fsp3) is 0.542. The standard InChI is InChI=1S/C24H30N2O5/c1-24(2,3)31-22(28)20-13-21(27)25-23-26(20)14-19(30-23)15-29-18-11-9-17(10-12-18)16-7-5-4-6-8-16/h9-13,16,19H,4-8,14-15H2,1-3H3. The summed E-state index contributed by atoms with van der Waals surface area (Å²) < 4.78 is 18.7. The Morgan fingerprint density at radius 2 is 1.87 bits per heavy atom. The number of ether oxygens (including phenoxy) is 3. The number of carbonyl (C=O) groups excluding carboxylic acids is 1. The molecule has 2 aromatic rings. The minimum Gasteiger partial charge on any atom is -0.490 e. The van der Waals surface area contributed by atoms with E-state index < -0.39 is 17.1 Å². The highest BCUT2D eigenvalue weighted by molar-refractivity contribution is 5.88. The Balaban J connectivity index is 1.39. The van der Waals surface area contributed by atoms with Crippen LogP contribution in [0.2, 0.25) is 0 Å². The van der Waals surface area contributed by atoms with Crippen LogP contribution in [0.25, 0.3) is 0 Å². The van der Waals surface area contributed by atoms with Gasteiger partial charge in [0.05, 0.1) is 6.54 Å². The number of hydrogen-bond acceptors (Lipinski definition) is 6. The van der Waals surface area contributed by atoms with Crippen LogP contribution in [0, 0.1) is 0 Å². The number of carbonyl (C=O) groups is 1. The largest absolute Gasteiger partial charge is 0.490 e. The lowest BCUT2D eigenvalue weighted by Crippen LogP contribution is -2.28. The maximum Gasteiger partial charge on any atom is 0.355 e. The Hall–Kier alpha value is -2.83. The molecule has 0 saturated heterocycles. The molecule has 0 bridgehead atoms. The average Bonchev–Trinajstić information content (AvgIpc) is 3.14. The first-order chi connectivity index (χ1) is 14.8. The quantitative estimate of drug-likeness (QED) is 0.670. The van der Waals surface area contributed by atoms with Crippen molar-refractivity contribution < 1.29 is 19.0 Å². The van der Waals surface area contributed by atoms with Gasteiger partial charge in [-0.25, -0.2) is 4.79 Å². The van der Waals surface area contributed by atoms with Crippen LogP contribution >= 0.6 is 0 Å². The second-order valence-electron chi connectivity index (χ2n) is 9.33. The van der Waals surface area contributed by atoms with Gasteiger partial charge in [-0.1, -0.05) is 31.4 Å². The van der Waals surface area contributed by atoms with Crippen molar-refractivity contribution >= 4 is 5.97 Å². The summed E-state index contributed by atoms with van der Waals surface area (Å²) in [5, 5.41) is 0. The number of nitrogens with zero attached hydrogens (tertiary/aromatic N) is 2. The van der Waals surface area contributed by atoms with Crippen molar-refractivity contribution in [3.05, 3.63) is 51.9 Å². The third kappa shape index (κ3) is 5.27. The van der Waals surface area contributed by atoms with Crippen LogP contribution in [0.3, 0.4) is 0 Å². The average molecular weight is 427 g/mol. The zero-order chi connectivity index (χ0) is 22.0. The van der Waals surface area contributed by atoms with Crippen LogP contribution < -0.4 is 15.0 Å². The molecule has 1 aromatic heterocycles. The van der Waals surface area contributed by atoms with Gasteiger partial charge in [-0.15, -0.1) is 0 Å². The van der Waals surface area contributed by atoms with Gasteiger partial charge in [0, 0.05) is 6.07 Å². The van der Waals surface area contributed by atoms with E-state index in [9.17, 15) is 9.59 Å². The van der Waals surface area contributed by atoms with Gasteiger partial charge in [0.15, 0.2) is 6.10 Å². The molecular weight excluding hydrogens is 396 g/mol. The molecule has 0 amide bonds. The van der Waals surface area contributed by atoms with Crippen LogP contribution in [0.15, 0.2) is 35.1 Å². The minimum absolute atomic E-state index is 0.120. The fourth-order valence-corrected chi connectivity index (χ4v) is 4.19. The number of esters is 1. The maximum absolute atomic E-state index is 12.5. The van der Waals surface area contributed by atoms with Gasteiger partial charge < -0.3 is 14.2 Å². The third-order valence-electron chi connectivity index (χ3n) is 5.65. The summed E-state index contributed by atoms with van der Waals surface area (Å²) in [4.78, 5) is 28.3. The van der Waals surface area contributed by atoms with E-state index in [4.69, 9.17) is 14.2 Å². The van der Waals surface area contributed by atoms with Crippen LogP contribution in [-0.2, 0) is 11.3 Å². The number of hydrogen-bond donors (Lipinski definition) is 0. The maximum atomic E-state index is 12.5. The van der Waals surface area contributed by atoms with Crippen molar-refractivity contribution in [2.24, 2.45) is 0 Å². The predicted molar refractivity (Wildman–Crippen MR) is 116 cm³/mol. The molecule has 1 saturated carbocycles. The Bertz CT molecular complexity index is 985. The van der Waals surface area contributed by atoms with Crippen LogP contribution in [-0.4, -0.2) is 33.8 Å². The summed E-state index contributed by atoms with van der Waals surface area (Å²) in [7, 11) is 0. The highest BCUT2D eigenvalue weighted by Gasteiger charge is 2.30. The van der Waals surface area contributed by atoms with Gasteiger partial charge in [-0.05, 0) is 57.2 Å². The van der Waals surface area contributed by atoms with Gasteiger partial charge in [-0.2, -0.15) is 4.98 Å². The summed E-state index contributed by atoms with van der Waals surface area (Å²) >= 11 is 0. The summed E-state index contributed by atoms with van der Waals surface area (Å²) in [5.74, 6) is 0.858. The lowest BCUT2D eigenvalue weighted by Gasteiger charge is -2.22. The smallest absolute Gasteiger partial charge is 0.355 e. The van der Waals surface area contributed by atoms with Crippen molar-refractivity contribution in [3.8, 4) is 11.8 Å². The normalized spacial score (nSPS) is 18.9. The monoisotopic (exact) mass is 426 g/mol. The second-order valence-corrected chi connectivity index (χ2v) is 9.33. The number of aromatic nitrogens is 2. The molecule has 1 aromatic carbocycles. The summed E-state index contributed by atoms with van der Waals surface area (Å²) in [5.41, 5.74) is 0.320. The molecule has 1 unspecified atom stereocenters. The van der Waals surface area contributed by atoms with Crippen LogP contribution in [0.5, 0.6) is 11.8 Å². The van der Waals surface area contributed by atoms with Gasteiger partial charge in [0.2, 0.25) is 0 Å². The molecule has 2 aliphatic rings. The van der Waals surface area contributed by atoms with E-state index in [2.05, 4.69) is 17.1 Å². The molecule has 166 valence electrons. The molecular formula is C24H30N2O5. The molecule has 7 heteroatoms. The first kappa shape index (κ1) is 21.4. The number of benzene rings is 1. The second kappa shape index (κ2) is 8.73. The lowest BCUT2D eigenvalue weighted by atomic mass is 9.84. The fourth-order valence-electron chi connectivity index (χ4n) is 4.19. The molecule has 7 nitrogen and oxygen atoms in total. The molecule has 1 fully saturated rings. The zero-order valence-corrected chi connectivity index (χ0v) is 18.4. The Morgan fingerprint density at radius 1 is 1.16 bits per heavy atom. The summed E-state index contributed by atoms with van der Waals surface area (Å²) in [6.45, 7) is 5.98. The lowest BCUT2D eigenvalue weighted by molar-refractivity contribution is 0.00564. The Labute approximate surface area is 182 Å². The van der Waals surface area contributed by atoms with Crippen molar-refractivity contribution in [2.45, 2.75) is 77.0 Å². The van der Waals surface area contributed by atoms with Gasteiger partial charge >= 0.3 is 12.0 Å². The van der Waals surface area contributed by atoms with Crippen molar-refractivity contribution in [1.29, 1.82) is 0 Å². The van der Waals surface area contributed by atoms with Gasteiger partial charge in [-0.3, -0.25) is 9.36 Å². The van der Waals surface area contributed by atoms with E-state index in [1.165, 1.54) is 43.7 Å². The van der Waals surface area contributed by atoms with Gasteiger partial charge in [0.25, 0.3) is 5.56 Å². The minimum atomic E-state index is -0.664. The molecule has 2 heterocycles. The van der Waals surface area contributed by atoms with Crippen molar-refractivity contribution in [1.82, 2.24) is 9.55 Å². The number of fused-ring (bicyclic) bond motifs is 1. The van der Waals surface area contributed by atoms with Crippen LogP contribution in [0.1, 0.15) is 74.8 Å². The third-order valence-corrected chi connectivity index (χ3v) is 5.65. The molecule has 0 spiro atoms.